The van der Waals surface area contributed by atoms with E-state index in [0.717, 1.165) is 37.1 Å². The van der Waals surface area contributed by atoms with Crippen molar-refractivity contribution in [1.29, 1.82) is 0 Å². The molecule has 1 unspecified atom stereocenters. The van der Waals surface area contributed by atoms with Crippen molar-refractivity contribution < 1.29 is 9.53 Å². The predicted molar refractivity (Wildman–Crippen MR) is 92.8 cm³/mol. The van der Waals surface area contributed by atoms with Gasteiger partial charge in [0.15, 0.2) is 0 Å². The van der Waals surface area contributed by atoms with Gasteiger partial charge in [-0.05, 0) is 37.0 Å². The Kier molecular flexibility index (Phi) is 5.53. The molecule has 0 saturated carbocycles. The zero-order valence-electron chi connectivity index (χ0n) is 13.8. The second kappa shape index (κ2) is 7.81. The number of aryl methyl sites for hydroxylation is 1. The van der Waals surface area contributed by atoms with E-state index in [4.69, 9.17) is 16.3 Å². The molecule has 1 fully saturated rings. The van der Waals surface area contributed by atoms with Crippen LogP contribution in [-0.4, -0.2) is 39.8 Å². The molecule has 0 spiro atoms. The first-order valence-electron chi connectivity index (χ1n) is 8.23. The molecule has 1 aromatic heterocycles. The van der Waals surface area contributed by atoms with Gasteiger partial charge in [-0.1, -0.05) is 29.8 Å². The van der Waals surface area contributed by atoms with Crippen LogP contribution in [0.5, 0.6) is 0 Å². The summed E-state index contributed by atoms with van der Waals surface area (Å²) in [6.07, 6.45) is 5.89. The molecule has 2 aromatic rings. The summed E-state index contributed by atoms with van der Waals surface area (Å²) in [6.45, 7) is 3.98. The van der Waals surface area contributed by atoms with Gasteiger partial charge in [-0.3, -0.25) is 9.48 Å². The summed E-state index contributed by atoms with van der Waals surface area (Å²) in [5, 5.41) is 4.98. The zero-order valence-corrected chi connectivity index (χ0v) is 14.6. The third kappa shape index (κ3) is 4.16. The molecule has 0 radical (unpaired) electrons. The van der Waals surface area contributed by atoms with Crippen LogP contribution in [0.25, 0.3) is 0 Å². The second-order valence-corrected chi connectivity index (χ2v) is 6.61. The smallest absolute Gasteiger partial charge is 0.248 e. The summed E-state index contributed by atoms with van der Waals surface area (Å²) in [5.41, 5.74) is 2.03. The van der Waals surface area contributed by atoms with Gasteiger partial charge in [0.05, 0.1) is 25.4 Å². The third-order valence-electron chi connectivity index (χ3n) is 4.30. The number of hydrogen-bond donors (Lipinski definition) is 0. The van der Waals surface area contributed by atoms with Gasteiger partial charge < -0.3 is 9.64 Å². The molecule has 0 bridgehead atoms. The van der Waals surface area contributed by atoms with Gasteiger partial charge >= 0.3 is 0 Å². The minimum atomic E-state index is 0.0356. The van der Waals surface area contributed by atoms with Gasteiger partial charge in [0.25, 0.3) is 0 Å². The first kappa shape index (κ1) is 17.0. The van der Waals surface area contributed by atoms with Crippen LogP contribution in [0.1, 0.15) is 24.0 Å². The van der Waals surface area contributed by atoms with E-state index in [-0.39, 0.29) is 18.6 Å². The summed E-state index contributed by atoms with van der Waals surface area (Å²) in [4.78, 5) is 14.4. The zero-order chi connectivity index (χ0) is 16.9. The third-order valence-corrected chi connectivity index (χ3v) is 4.67. The molecule has 5 nitrogen and oxygen atoms in total. The van der Waals surface area contributed by atoms with E-state index in [2.05, 4.69) is 5.10 Å². The fourth-order valence-corrected chi connectivity index (χ4v) is 3.27. The summed E-state index contributed by atoms with van der Waals surface area (Å²) in [7, 11) is 0. The maximum Gasteiger partial charge on any atom is 0.248 e. The summed E-state index contributed by atoms with van der Waals surface area (Å²) >= 11 is 6.10. The molecule has 1 atom stereocenters. The molecular weight excluding hydrogens is 326 g/mol. The number of benzene rings is 1. The molecule has 1 aliphatic rings. The number of aromatic nitrogens is 2. The van der Waals surface area contributed by atoms with Crippen LogP contribution < -0.4 is 0 Å². The van der Waals surface area contributed by atoms with E-state index in [1.165, 1.54) is 0 Å². The number of likely N-dealkylation sites (tertiary alicyclic amines) is 1. The Morgan fingerprint density at radius 2 is 2.25 bits per heavy atom. The van der Waals surface area contributed by atoms with Crippen LogP contribution in [0.4, 0.5) is 0 Å². The van der Waals surface area contributed by atoms with Gasteiger partial charge in [0.2, 0.25) is 5.91 Å². The van der Waals surface area contributed by atoms with E-state index in [1.54, 1.807) is 0 Å². The Balaban J connectivity index is 1.51. The highest BCUT2D eigenvalue weighted by atomic mass is 35.5. The molecular formula is C18H22ClN3O2. The standard InChI is InChI=1S/C18H22ClN3O2/c1-14-9-20-21(10-14)11-16-6-4-8-22(16)18(23)13-24-12-15-5-2-3-7-17(15)19/h2-3,5,7,9-10,16H,4,6,8,11-13H2,1H3. The molecule has 128 valence electrons. The number of halogens is 1. The van der Waals surface area contributed by atoms with Crippen LogP contribution in [0.2, 0.25) is 5.02 Å². The fraction of sp³-hybridized carbons (Fsp3) is 0.444. The molecule has 0 N–H and O–H groups in total. The van der Waals surface area contributed by atoms with E-state index >= 15 is 0 Å². The maximum atomic E-state index is 12.5. The number of carbonyl (C=O) groups is 1. The average Bonchev–Trinajstić information content (AvgIpc) is 3.18. The Morgan fingerprint density at radius 3 is 3.00 bits per heavy atom. The molecule has 1 aromatic carbocycles. The number of rotatable bonds is 6. The molecule has 2 heterocycles. The minimum absolute atomic E-state index is 0.0356. The van der Waals surface area contributed by atoms with Gasteiger partial charge in [-0.25, -0.2) is 0 Å². The lowest BCUT2D eigenvalue weighted by molar-refractivity contribution is -0.137. The molecule has 0 aliphatic carbocycles. The van der Waals surface area contributed by atoms with Crippen LogP contribution in [-0.2, 0) is 22.7 Å². The van der Waals surface area contributed by atoms with Gasteiger partial charge in [0.1, 0.15) is 6.61 Å². The van der Waals surface area contributed by atoms with Crippen molar-refractivity contribution in [2.45, 2.75) is 39.0 Å². The van der Waals surface area contributed by atoms with E-state index < -0.39 is 0 Å². The van der Waals surface area contributed by atoms with Crippen LogP contribution in [0.15, 0.2) is 36.7 Å². The Bertz CT molecular complexity index is 701. The van der Waals surface area contributed by atoms with Crippen LogP contribution in [0, 0.1) is 6.92 Å². The largest absolute Gasteiger partial charge is 0.367 e. The van der Waals surface area contributed by atoms with E-state index in [1.807, 2.05) is 53.2 Å². The normalized spacial score (nSPS) is 17.4. The van der Waals surface area contributed by atoms with Crippen molar-refractivity contribution in [3.8, 4) is 0 Å². The quantitative estimate of drug-likeness (QED) is 0.807. The van der Waals surface area contributed by atoms with Crippen LogP contribution in [0.3, 0.4) is 0 Å². The maximum absolute atomic E-state index is 12.5. The van der Waals surface area contributed by atoms with Crippen molar-refractivity contribution >= 4 is 17.5 Å². The number of carbonyl (C=O) groups excluding carboxylic acids is 1. The topological polar surface area (TPSA) is 47.4 Å². The Labute approximate surface area is 147 Å². The average molecular weight is 348 g/mol. The Hall–Kier alpha value is -1.85. The summed E-state index contributed by atoms with van der Waals surface area (Å²) in [5.74, 6) is 0.0356. The highest BCUT2D eigenvalue weighted by molar-refractivity contribution is 6.31. The molecule has 1 aliphatic heterocycles. The Morgan fingerprint density at radius 1 is 1.42 bits per heavy atom. The highest BCUT2D eigenvalue weighted by Crippen LogP contribution is 2.20. The fourth-order valence-electron chi connectivity index (χ4n) is 3.08. The molecule has 24 heavy (non-hydrogen) atoms. The lowest BCUT2D eigenvalue weighted by Gasteiger charge is -2.24. The van der Waals surface area contributed by atoms with Crippen molar-refractivity contribution in [1.82, 2.24) is 14.7 Å². The summed E-state index contributed by atoms with van der Waals surface area (Å²) in [6, 6.07) is 7.72. The molecule has 1 saturated heterocycles. The molecule has 6 heteroatoms. The van der Waals surface area contributed by atoms with Crippen molar-refractivity contribution in [2.24, 2.45) is 0 Å². The highest BCUT2D eigenvalue weighted by Gasteiger charge is 2.29. The number of nitrogens with zero attached hydrogens (tertiary/aromatic N) is 3. The van der Waals surface area contributed by atoms with E-state index in [0.29, 0.717) is 11.6 Å². The van der Waals surface area contributed by atoms with Crippen molar-refractivity contribution in [3.63, 3.8) is 0 Å². The number of hydrogen-bond acceptors (Lipinski definition) is 3. The van der Waals surface area contributed by atoms with Gasteiger partial charge in [0, 0.05) is 17.8 Å². The first-order valence-corrected chi connectivity index (χ1v) is 8.61. The van der Waals surface area contributed by atoms with Gasteiger partial charge in [-0.2, -0.15) is 5.10 Å². The monoisotopic (exact) mass is 347 g/mol. The SMILES string of the molecule is Cc1cnn(CC2CCCN2C(=O)COCc2ccccc2Cl)c1. The lowest BCUT2D eigenvalue weighted by atomic mass is 10.2. The lowest BCUT2D eigenvalue weighted by Crippen LogP contribution is -2.40. The molecule has 1 amide bonds. The van der Waals surface area contributed by atoms with Gasteiger partial charge in [-0.15, -0.1) is 0 Å². The second-order valence-electron chi connectivity index (χ2n) is 6.21. The predicted octanol–water partition coefficient (Wildman–Crippen LogP) is 3.05. The van der Waals surface area contributed by atoms with Crippen molar-refractivity contribution in [2.75, 3.05) is 13.2 Å². The molecule has 3 rings (SSSR count). The van der Waals surface area contributed by atoms with Crippen LogP contribution >= 0.6 is 11.6 Å². The first-order chi connectivity index (χ1) is 11.6. The van der Waals surface area contributed by atoms with Crippen molar-refractivity contribution in [3.05, 3.63) is 52.8 Å². The van der Waals surface area contributed by atoms with E-state index in [9.17, 15) is 4.79 Å². The minimum Gasteiger partial charge on any atom is -0.367 e. The number of ether oxygens (including phenoxy) is 1. The summed E-state index contributed by atoms with van der Waals surface area (Å²) < 4.78 is 7.49. The number of amides is 1.